The third-order valence-electron chi connectivity index (χ3n) is 3.70. The molecule has 0 fully saturated rings. The summed E-state index contributed by atoms with van der Waals surface area (Å²) in [6.07, 6.45) is 2.64. The molecule has 0 saturated heterocycles. The maximum absolute atomic E-state index is 12.2. The lowest BCUT2D eigenvalue weighted by Crippen LogP contribution is -1.97. The van der Waals surface area contributed by atoms with Gasteiger partial charge < -0.3 is 4.74 Å². The average molecular weight is 264 g/mol. The highest BCUT2D eigenvalue weighted by Gasteiger charge is 2.25. The van der Waals surface area contributed by atoms with Gasteiger partial charge >= 0.3 is 0 Å². The number of rotatable bonds is 3. The summed E-state index contributed by atoms with van der Waals surface area (Å²) in [5.41, 5.74) is 2.99. The molecular formula is C18H16O2. The molecule has 0 radical (unpaired) electrons. The Morgan fingerprint density at radius 1 is 1.00 bits per heavy atom. The van der Waals surface area contributed by atoms with Crippen molar-refractivity contribution in [3.63, 3.8) is 0 Å². The van der Waals surface area contributed by atoms with Gasteiger partial charge in [-0.15, -0.1) is 0 Å². The minimum atomic E-state index is 0.195. The van der Waals surface area contributed by atoms with Crippen LogP contribution in [0, 0.1) is 0 Å². The second-order valence-electron chi connectivity index (χ2n) is 4.95. The van der Waals surface area contributed by atoms with Crippen LogP contribution in [0.4, 0.5) is 0 Å². The van der Waals surface area contributed by atoms with E-state index in [2.05, 4.69) is 18.2 Å². The van der Waals surface area contributed by atoms with E-state index in [-0.39, 0.29) is 11.7 Å². The third-order valence-corrected chi connectivity index (χ3v) is 3.70. The van der Waals surface area contributed by atoms with E-state index in [0.717, 1.165) is 16.9 Å². The van der Waals surface area contributed by atoms with Crippen LogP contribution in [0.1, 0.15) is 23.5 Å². The van der Waals surface area contributed by atoms with E-state index < -0.39 is 0 Å². The molecule has 2 aromatic rings. The quantitative estimate of drug-likeness (QED) is 0.842. The highest BCUT2D eigenvalue weighted by Crippen LogP contribution is 2.35. The van der Waals surface area contributed by atoms with Gasteiger partial charge in [0.2, 0.25) is 0 Å². The Morgan fingerprint density at radius 3 is 2.35 bits per heavy atom. The second-order valence-corrected chi connectivity index (χ2v) is 4.95. The fraction of sp³-hybridized carbons (Fsp3) is 0.167. The normalized spacial score (nSPS) is 17.9. The zero-order chi connectivity index (χ0) is 13.9. The molecule has 0 saturated carbocycles. The highest BCUT2D eigenvalue weighted by molar-refractivity contribution is 6.23. The van der Waals surface area contributed by atoms with Crippen LogP contribution in [-0.4, -0.2) is 12.9 Å². The minimum Gasteiger partial charge on any atom is -0.497 e. The molecule has 0 bridgehead atoms. The van der Waals surface area contributed by atoms with E-state index in [1.54, 1.807) is 7.11 Å². The predicted molar refractivity (Wildman–Crippen MR) is 79.8 cm³/mol. The number of carbonyl (C=O) groups is 1. The number of methoxy groups -OCH3 is 1. The van der Waals surface area contributed by atoms with Gasteiger partial charge in [-0.05, 0) is 23.3 Å². The maximum atomic E-state index is 12.2. The van der Waals surface area contributed by atoms with Gasteiger partial charge in [-0.3, -0.25) is 4.79 Å². The molecule has 2 aromatic carbocycles. The van der Waals surface area contributed by atoms with Crippen LogP contribution in [-0.2, 0) is 4.79 Å². The van der Waals surface area contributed by atoms with Crippen molar-refractivity contribution in [3.8, 4) is 5.75 Å². The van der Waals surface area contributed by atoms with Crippen molar-refractivity contribution >= 4 is 11.4 Å². The predicted octanol–water partition coefficient (Wildman–Crippen LogP) is 3.84. The smallest absolute Gasteiger partial charge is 0.164 e. The summed E-state index contributed by atoms with van der Waals surface area (Å²) in [6, 6.07) is 17.8. The van der Waals surface area contributed by atoms with Crippen molar-refractivity contribution in [1.82, 2.24) is 0 Å². The molecule has 0 amide bonds. The number of benzene rings is 2. The molecule has 0 aliphatic heterocycles. The molecule has 0 aromatic heterocycles. The van der Waals surface area contributed by atoms with E-state index in [0.29, 0.717) is 6.42 Å². The highest BCUT2D eigenvalue weighted by atomic mass is 16.5. The summed E-state index contributed by atoms with van der Waals surface area (Å²) in [6.45, 7) is 0. The molecule has 2 nitrogen and oxygen atoms in total. The van der Waals surface area contributed by atoms with Gasteiger partial charge in [0.25, 0.3) is 0 Å². The largest absolute Gasteiger partial charge is 0.497 e. The van der Waals surface area contributed by atoms with Gasteiger partial charge in [-0.2, -0.15) is 0 Å². The van der Waals surface area contributed by atoms with E-state index in [9.17, 15) is 4.79 Å². The first kappa shape index (κ1) is 12.7. The third kappa shape index (κ3) is 2.37. The van der Waals surface area contributed by atoms with Crippen molar-refractivity contribution in [2.45, 2.75) is 12.3 Å². The van der Waals surface area contributed by atoms with Crippen LogP contribution in [0.2, 0.25) is 0 Å². The number of ketones is 1. The monoisotopic (exact) mass is 264 g/mol. The Balaban J connectivity index is 1.90. The summed E-state index contributed by atoms with van der Waals surface area (Å²) in [7, 11) is 1.64. The van der Waals surface area contributed by atoms with E-state index in [1.165, 1.54) is 5.56 Å². The summed E-state index contributed by atoms with van der Waals surface area (Å²) < 4.78 is 5.14. The van der Waals surface area contributed by atoms with E-state index >= 15 is 0 Å². The molecule has 0 spiro atoms. The lowest BCUT2D eigenvalue weighted by Gasteiger charge is -2.05. The number of hydrogen-bond acceptors (Lipinski definition) is 2. The molecule has 2 heteroatoms. The molecular weight excluding hydrogens is 248 g/mol. The maximum Gasteiger partial charge on any atom is 0.164 e. The fourth-order valence-corrected chi connectivity index (χ4v) is 2.60. The first-order valence-corrected chi connectivity index (χ1v) is 6.72. The van der Waals surface area contributed by atoms with Gasteiger partial charge in [0, 0.05) is 17.9 Å². The Labute approximate surface area is 118 Å². The zero-order valence-corrected chi connectivity index (χ0v) is 11.4. The zero-order valence-electron chi connectivity index (χ0n) is 11.4. The first-order valence-electron chi connectivity index (χ1n) is 6.72. The Morgan fingerprint density at radius 2 is 1.70 bits per heavy atom. The molecule has 1 aliphatic rings. The molecule has 3 rings (SSSR count). The van der Waals surface area contributed by atoms with Crippen LogP contribution in [0.25, 0.3) is 5.57 Å². The van der Waals surface area contributed by atoms with Crippen LogP contribution in [0.5, 0.6) is 5.75 Å². The van der Waals surface area contributed by atoms with Gasteiger partial charge in [0.1, 0.15) is 5.75 Å². The van der Waals surface area contributed by atoms with Crippen molar-refractivity contribution in [2.75, 3.05) is 7.11 Å². The van der Waals surface area contributed by atoms with Gasteiger partial charge in [-0.25, -0.2) is 0 Å². The molecule has 0 N–H and O–H groups in total. The first-order chi connectivity index (χ1) is 9.78. The van der Waals surface area contributed by atoms with Crippen molar-refractivity contribution in [3.05, 3.63) is 71.8 Å². The minimum absolute atomic E-state index is 0.195. The molecule has 1 aliphatic carbocycles. The summed E-state index contributed by atoms with van der Waals surface area (Å²) in [4.78, 5) is 12.2. The molecule has 1 unspecified atom stereocenters. The SMILES string of the molecule is COc1ccc(C2=CC(c3ccccc3)CC2=O)cc1. The Hall–Kier alpha value is -2.35. The Kier molecular flexibility index (Phi) is 3.38. The number of ether oxygens (including phenoxy) is 1. The lowest BCUT2D eigenvalue weighted by atomic mass is 9.99. The number of allylic oxidation sites excluding steroid dienone is 2. The standard InChI is InChI=1S/C18H16O2/c1-20-16-9-7-14(8-10-16)17-11-15(12-18(17)19)13-5-3-2-4-6-13/h2-11,15H,12H2,1H3. The average Bonchev–Trinajstić information content (AvgIpc) is 2.90. The Bertz CT molecular complexity index is 639. The fourth-order valence-electron chi connectivity index (χ4n) is 2.60. The van der Waals surface area contributed by atoms with Crippen molar-refractivity contribution < 1.29 is 9.53 Å². The lowest BCUT2D eigenvalue weighted by molar-refractivity contribution is -0.113. The van der Waals surface area contributed by atoms with Crippen LogP contribution < -0.4 is 4.74 Å². The molecule has 100 valence electrons. The summed E-state index contributed by atoms with van der Waals surface area (Å²) in [5.74, 6) is 1.21. The van der Waals surface area contributed by atoms with Gasteiger partial charge in [-0.1, -0.05) is 48.5 Å². The van der Waals surface area contributed by atoms with Crippen molar-refractivity contribution in [1.29, 1.82) is 0 Å². The number of Topliss-reactive ketones (excluding diaryl/α,β-unsaturated/α-hetero) is 1. The van der Waals surface area contributed by atoms with Crippen LogP contribution in [0.3, 0.4) is 0 Å². The number of carbonyl (C=O) groups excluding carboxylic acids is 1. The topological polar surface area (TPSA) is 26.3 Å². The van der Waals surface area contributed by atoms with E-state index in [4.69, 9.17) is 4.74 Å². The summed E-state index contributed by atoms with van der Waals surface area (Å²) >= 11 is 0. The molecule has 20 heavy (non-hydrogen) atoms. The van der Waals surface area contributed by atoms with Crippen molar-refractivity contribution in [2.24, 2.45) is 0 Å². The van der Waals surface area contributed by atoms with Gasteiger partial charge in [0.05, 0.1) is 7.11 Å². The molecule has 0 heterocycles. The van der Waals surface area contributed by atoms with E-state index in [1.807, 2.05) is 42.5 Å². The summed E-state index contributed by atoms with van der Waals surface area (Å²) in [5, 5.41) is 0. The van der Waals surface area contributed by atoms with Crippen LogP contribution >= 0.6 is 0 Å². The van der Waals surface area contributed by atoms with Crippen LogP contribution in [0.15, 0.2) is 60.7 Å². The molecule has 1 atom stereocenters. The number of hydrogen-bond donors (Lipinski definition) is 0. The van der Waals surface area contributed by atoms with Gasteiger partial charge in [0.15, 0.2) is 5.78 Å². The second kappa shape index (κ2) is 5.33.